The number of nitrogens with one attached hydrogen (secondary N) is 1. The summed E-state index contributed by atoms with van der Waals surface area (Å²) in [6, 6.07) is 4.50. The van der Waals surface area contributed by atoms with E-state index in [1.54, 1.807) is 40.9 Å². The average molecular weight is 599 g/mol. The maximum atomic E-state index is 13.3. The maximum absolute atomic E-state index is 13.3. The van der Waals surface area contributed by atoms with Crippen LogP contribution in [0.15, 0.2) is 18.2 Å². The maximum Gasteiger partial charge on any atom is 0.337 e. The number of carbonyl (C=O) groups is 2. The van der Waals surface area contributed by atoms with Crippen molar-refractivity contribution in [3.8, 4) is 11.5 Å². The van der Waals surface area contributed by atoms with Crippen LogP contribution in [0.5, 0.6) is 11.5 Å². The van der Waals surface area contributed by atoms with Gasteiger partial charge in [0.25, 0.3) is 0 Å². The van der Waals surface area contributed by atoms with Crippen molar-refractivity contribution in [2.45, 2.75) is 104 Å². The van der Waals surface area contributed by atoms with Crippen molar-refractivity contribution in [2.75, 3.05) is 40.1 Å². The van der Waals surface area contributed by atoms with Crippen LogP contribution in [0.4, 0.5) is 0 Å². The van der Waals surface area contributed by atoms with E-state index in [-0.39, 0.29) is 55.5 Å². The number of ether oxygens (including phenoxy) is 5. The summed E-state index contributed by atoms with van der Waals surface area (Å²) in [5.41, 5.74) is 3.28. The molecule has 1 rings (SSSR count). The van der Waals surface area contributed by atoms with Gasteiger partial charge in [-0.3, -0.25) is 4.79 Å². The topological polar surface area (TPSA) is 159 Å². The van der Waals surface area contributed by atoms with Gasteiger partial charge in [-0.05, 0) is 85.4 Å². The fourth-order valence-electron chi connectivity index (χ4n) is 3.55. The van der Waals surface area contributed by atoms with Gasteiger partial charge in [-0.2, -0.15) is 0 Å². The van der Waals surface area contributed by atoms with Crippen LogP contribution in [0.2, 0.25) is 0 Å². The first-order chi connectivity index (χ1) is 19.4. The molecule has 0 aromatic heterocycles. The Morgan fingerprint density at radius 1 is 0.976 bits per heavy atom. The number of benzene rings is 1. The molecule has 11 nitrogen and oxygen atoms in total. The first-order valence-electron chi connectivity index (χ1n) is 14.6. The molecule has 0 bridgehead atoms. The van der Waals surface area contributed by atoms with Crippen molar-refractivity contribution in [2.24, 2.45) is 11.1 Å². The van der Waals surface area contributed by atoms with Gasteiger partial charge in [-0.1, -0.05) is 13.0 Å². The van der Waals surface area contributed by atoms with E-state index < -0.39 is 22.7 Å². The highest BCUT2D eigenvalue weighted by molar-refractivity contribution is 5.83. The first kappa shape index (κ1) is 37.6. The van der Waals surface area contributed by atoms with E-state index in [4.69, 9.17) is 29.4 Å². The molecule has 1 aromatic rings. The molecule has 0 heterocycles. The number of hydrogen-bond donors (Lipinski definition) is 4. The van der Waals surface area contributed by atoms with Crippen LogP contribution in [0, 0.1) is 5.41 Å². The van der Waals surface area contributed by atoms with E-state index in [0.29, 0.717) is 25.9 Å². The lowest BCUT2D eigenvalue weighted by Gasteiger charge is -2.32. The van der Waals surface area contributed by atoms with Gasteiger partial charge < -0.3 is 44.9 Å². The van der Waals surface area contributed by atoms with Gasteiger partial charge in [0.1, 0.15) is 17.7 Å². The summed E-state index contributed by atoms with van der Waals surface area (Å²) in [5, 5.41) is 22.1. The summed E-state index contributed by atoms with van der Waals surface area (Å²) in [7, 11) is 1.65. The number of phenols is 2. The number of methoxy groups -OCH3 is 1. The predicted octanol–water partition coefficient (Wildman–Crippen LogP) is 3.81. The molecule has 3 atom stereocenters. The van der Waals surface area contributed by atoms with Crippen LogP contribution >= 0.6 is 0 Å². The minimum absolute atomic E-state index is 0.0468. The van der Waals surface area contributed by atoms with E-state index in [1.807, 2.05) is 27.7 Å². The molecule has 3 unspecified atom stereocenters. The number of carbonyl (C=O) groups excluding carboxylic acids is 2. The largest absolute Gasteiger partial charge is 0.504 e. The molecule has 0 aliphatic rings. The molecule has 0 fully saturated rings. The SMILES string of the molecule is CCC(C)OCC(C)(COC(=O)C(C)(C)OCCC(C)(N)OCCC(C)(C)OC)C(=O)NCCc1ccc(O)c(O)c1. The highest BCUT2D eigenvalue weighted by Gasteiger charge is 2.39. The molecule has 5 N–H and O–H groups in total. The smallest absolute Gasteiger partial charge is 0.337 e. The number of phenolic OH excluding ortho intramolecular Hbond substituents is 2. The molecule has 11 heteroatoms. The van der Waals surface area contributed by atoms with Crippen molar-refractivity contribution >= 4 is 11.9 Å². The molecule has 1 aromatic carbocycles. The molecule has 0 spiro atoms. The Hall–Kier alpha value is -2.44. The Balaban J connectivity index is 2.71. The number of rotatable bonds is 20. The number of amides is 1. The minimum atomic E-state index is -1.29. The fraction of sp³-hybridized carbons (Fsp3) is 0.742. The van der Waals surface area contributed by atoms with E-state index in [9.17, 15) is 19.8 Å². The van der Waals surface area contributed by atoms with Gasteiger partial charge in [-0.25, -0.2) is 4.79 Å². The molecular weight excluding hydrogens is 544 g/mol. The Bertz CT molecular complexity index is 997. The van der Waals surface area contributed by atoms with Crippen LogP contribution in [0.3, 0.4) is 0 Å². The van der Waals surface area contributed by atoms with Gasteiger partial charge in [0, 0.05) is 20.1 Å². The van der Waals surface area contributed by atoms with Gasteiger partial charge in [-0.15, -0.1) is 0 Å². The molecule has 0 radical (unpaired) electrons. The fourth-order valence-corrected chi connectivity index (χ4v) is 3.55. The van der Waals surface area contributed by atoms with Gasteiger partial charge in [0.15, 0.2) is 17.1 Å². The van der Waals surface area contributed by atoms with Crippen LogP contribution in [-0.2, 0) is 39.7 Å². The second-order valence-corrected chi connectivity index (χ2v) is 12.5. The molecule has 0 aliphatic heterocycles. The van der Waals surface area contributed by atoms with Crippen molar-refractivity contribution in [3.63, 3.8) is 0 Å². The predicted molar refractivity (Wildman–Crippen MR) is 160 cm³/mol. The summed E-state index contributed by atoms with van der Waals surface area (Å²) in [6.07, 6.45) is 2.12. The zero-order chi connectivity index (χ0) is 32.2. The third-order valence-corrected chi connectivity index (χ3v) is 7.31. The van der Waals surface area contributed by atoms with Crippen LogP contribution in [0.1, 0.15) is 80.2 Å². The number of esters is 1. The van der Waals surface area contributed by atoms with Gasteiger partial charge in [0.05, 0.1) is 31.5 Å². The average Bonchev–Trinajstić information content (AvgIpc) is 2.91. The van der Waals surface area contributed by atoms with Gasteiger partial charge in [0.2, 0.25) is 5.91 Å². The Morgan fingerprint density at radius 2 is 1.62 bits per heavy atom. The monoisotopic (exact) mass is 598 g/mol. The van der Waals surface area contributed by atoms with Crippen LogP contribution < -0.4 is 11.1 Å². The third-order valence-electron chi connectivity index (χ3n) is 7.31. The summed E-state index contributed by atoms with van der Waals surface area (Å²) >= 11 is 0. The molecule has 42 heavy (non-hydrogen) atoms. The van der Waals surface area contributed by atoms with Crippen molar-refractivity contribution in [1.29, 1.82) is 0 Å². The number of nitrogens with two attached hydrogens (primary N) is 1. The molecular formula is C31H54N2O9. The summed E-state index contributed by atoms with van der Waals surface area (Å²) in [5.74, 6) is -1.39. The highest BCUT2D eigenvalue weighted by atomic mass is 16.6. The summed E-state index contributed by atoms with van der Waals surface area (Å²) in [4.78, 5) is 26.3. The van der Waals surface area contributed by atoms with Crippen LogP contribution in [0.25, 0.3) is 0 Å². The molecule has 0 saturated carbocycles. The minimum Gasteiger partial charge on any atom is -0.504 e. The summed E-state index contributed by atoms with van der Waals surface area (Å²) < 4.78 is 28.5. The lowest BCUT2D eigenvalue weighted by atomic mass is 9.91. The molecule has 0 saturated heterocycles. The zero-order valence-electron chi connectivity index (χ0n) is 27.0. The Kier molecular flexibility index (Phi) is 14.7. The first-order valence-corrected chi connectivity index (χ1v) is 14.6. The molecule has 242 valence electrons. The van der Waals surface area contributed by atoms with E-state index in [1.165, 1.54) is 12.1 Å². The van der Waals surface area contributed by atoms with Crippen molar-refractivity contribution < 1.29 is 43.5 Å². The quantitative estimate of drug-likeness (QED) is 0.0988. The summed E-state index contributed by atoms with van der Waals surface area (Å²) in [6.45, 7) is 15.1. The third kappa shape index (κ3) is 13.2. The van der Waals surface area contributed by atoms with Crippen molar-refractivity contribution in [1.82, 2.24) is 5.32 Å². The Morgan fingerprint density at radius 3 is 2.21 bits per heavy atom. The van der Waals surface area contributed by atoms with E-state index in [0.717, 1.165) is 12.0 Å². The normalized spacial score (nSPS) is 15.9. The van der Waals surface area contributed by atoms with Crippen molar-refractivity contribution in [3.05, 3.63) is 23.8 Å². The number of aromatic hydroxyl groups is 2. The molecule has 1 amide bonds. The zero-order valence-corrected chi connectivity index (χ0v) is 27.0. The standard InChI is InChI=1S/C31H54N2O9/c1-10-22(2)39-20-30(7,26(36)33-16-13-23-11-12-24(34)25(35)19-23)21-40-27(37)29(5,6)41-18-15-31(8,32)42-17-14-28(3,4)38-9/h11-12,19,22,34-35H,10,13-18,20-21,32H2,1-9H3,(H,33,36). The lowest BCUT2D eigenvalue weighted by molar-refractivity contribution is -0.176. The lowest BCUT2D eigenvalue weighted by Crippen LogP contribution is -2.48. The van der Waals surface area contributed by atoms with Crippen LogP contribution in [-0.4, -0.2) is 85.2 Å². The van der Waals surface area contributed by atoms with Gasteiger partial charge >= 0.3 is 5.97 Å². The number of hydrogen-bond acceptors (Lipinski definition) is 10. The molecule has 0 aliphatic carbocycles. The van der Waals surface area contributed by atoms with E-state index in [2.05, 4.69) is 5.32 Å². The highest BCUT2D eigenvalue weighted by Crippen LogP contribution is 2.26. The Labute approximate surface area is 251 Å². The second-order valence-electron chi connectivity index (χ2n) is 12.5. The van der Waals surface area contributed by atoms with E-state index >= 15 is 0 Å². The second kappa shape index (κ2) is 16.4.